The molecule has 190 valence electrons. The number of ketones is 1. The van der Waals surface area contributed by atoms with Gasteiger partial charge in [-0.25, -0.2) is 4.98 Å². The van der Waals surface area contributed by atoms with Crippen LogP contribution in [0.3, 0.4) is 0 Å². The number of carbonyl (C=O) groups is 2. The molecular weight excluding hydrogens is 480 g/mol. The minimum Gasteiger partial charge on any atom is -0.356 e. The minimum absolute atomic E-state index is 0.00461. The van der Waals surface area contributed by atoms with Crippen molar-refractivity contribution in [3.63, 3.8) is 0 Å². The molecule has 1 unspecified atom stereocenters. The fraction of sp³-hybridized carbons (Fsp3) is 0.478. The third-order valence-electron chi connectivity index (χ3n) is 5.68. The number of hydrogen-bond donors (Lipinski definition) is 1. The van der Waals surface area contributed by atoms with E-state index >= 15 is 0 Å². The number of nitrogens with zero attached hydrogens (tertiary/aromatic N) is 2. The predicted molar refractivity (Wildman–Crippen MR) is 113 cm³/mol. The van der Waals surface area contributed by atoms with Crippen LogP contribution < -0.4 is 10.9 Å². The smallest absolute Gasteiger partial charge is 0.356 e. The van der Waals surface area contributed by atoms with Crippen LogP contribution in [-0.2, 0) is 28.7 Å². The molecule has 0 bridgehead atoms. The van der Waals surface area contributed by atoms with E-state index in [-0.39, 0.29) is 54.0 Å². The molecule has 2 heterocycles. The van der Waals surface area contributed by atoms with Crippen molar-refractivity contribution in [2.75, 3.05) is 6.54 Å². The van der Waals surface area contributed by atoms with Crippen molar-refractivity contribution < 1.29 is 35.9 Å². The van der Waals surface area contributed by atoms with E-state index in [1.807, 2.05) is 0 Å². The molecule has 1 amide bonds. The van der Waals surface area contributed by atoms with Gasteiger partial charge in [0.1, 0.15) is 5.82 Å². The Kier molecular flexibility index (Phi) is 8.01. The van der Waals surface area contributed by atoms with Crippen LogP contribution in [-0.4, -0.2) is 34.0 Å². The van der Waals surface area contributed by atoms with Gasteiger partial charge >= 0.3 is 12.4 Å². The lowest BCUT2D eigenvalue weighted by molar-refractivity contribution is -0.137. The van der Waals surface area contributed by atoms with E-state index < -0.39 is 36.4 Å². The van der Waals surface area contributed by atoms with E-state index in [2.05, 4.69) is 10.3 Å². The van der Waals surface area contributed by atoms with Crippen molar-refractivity contribution in [2.24, 2.45) is 5.92 Å². The van der Waals surface area contributed by atoms with E-state index in [9.17, 15) is 40.7 Å². The van der Waals surface area contributed by atoms with Gasteiger partial charge in [-0.1, -0.05) is 12.1 Å². The zero-order valence-corrected chi connectivity index (χ0v) is 18.5. The molecule has 1 atom stereocenters. The fourth-order valence-corrected chi connectivity index (χ4v) is 3.83. The zero-order valence-electron chi connectivity index (χ0n) is 18.5. The van der Waals surface area contributed by atoms with Crippen LogP contribution in [0.2, 0.25) is 0 Å². The third-order valence-corrected chi connectivity index (χ3v) is 5.68. The largest absolute Gasteiger partial charge is 0.416 e. The van der Waals surface area contributed by atoms with Crippen molar-refractivity contribution in [1.29, 1.82) is 0 Å². The predicted octanol–water partition coefficient (Wildman–Crippen LogP) is 4.30. The number of aryl methyl sites for hydroxylation is 1. The molecule has 1 aromatic carbocycles. The Morgan fingerprint density at radius 3 is 2.34 bits per heavy atom. The quantitative estimate of drug-likeness (QED) is 0.518. The summed E-state index contributed by atoms with van der Waals surface area (Å²) in [7, 11) is 0. The Bertz CT molecular complexity index is 1120. The van der Waals surface area contributed by atoms with Crippen LogP contribution in [0.5, 0.6) is 0 Å². The number of rotatable bonds is 9. The highest BCUT2D eigenvalue weighted by Crippen LogP contribution is 2.30. The molecule has 0 aliphatic carbocycles. The molecule has 1 fully saturated rings. The molecule has 1 N–H and O–H groups in total. The highest BCUT2D eigenvalue weighted by atomic mass is 19.4. The lowest BCUT2D eigenvalue weighted by atomic mass is 10.0. The SMILES string of the molecule is O=C(CCC1CNC(=O)C1)Cn1c(CCCC(F)(F)F)nc(-c2ccc(C(F)(F)F)cc2)cc1=O. The van der Waals surface area contributed by atoms with Gasteiger partial charge in [-0.05, 0) is 30.9 Å². The number of halogens is 6. The van der Waals surface area contributed by atoms with E-state index in [0.29, 0.717) is 19.4 Å². The van der Waals surface area contributed by atoms with Gasteiger partial charge in [0, 0.05) is 43.9 Å². The average Bonchev–Trinajstić information content (AvgIpc) is 3.18. The van der Waals surface area contributed by atoms with Gasteiger partial charge in [0.15, 0.2) is 5.78 Å². The monoisotopic (exact) mass is 503 g/mol. The molecule has 1 aromatic heterocycles. The van der Waals surface area contributed by atoms with Crippen molar-refractivity contribution in [1.82, 2.24) is 14.9 Å². The summed E-state index contributed by atoms with van der Waals surface area (Å²) in [6.07, 6.45) is -9.92. The fourth-order valence-electron chi connectivity index (χ4n) is 3.83. The highest BCUT2D eigenvalue weighted by Gasteiger charge is 2.30. The van der Waals surface area contributed by atoms with E-state index in [0.717, 1.165) is 34.9 Å². The number of benzene rings is 1. The second kappa shape index (κ2) is 10.6. The van der Waals surface area contributed by atoms with Crippen molar-refractivity contribution in [3.8, 4) is 11.3 Å². The molecule has 6 nitrogen and oxygen atoms in total. The van der Waals surface area contributed by atoms with Crippen LogP contribution >= 0.6 is 0 Å². The van der Waals surface area contributed by atoms with Gasteiger partial charge in [-0.15, -0.1) is 0 Å². The first-order valence-electron chi connectivity index (χ1n) is 11.0. The standard InChI is InChI=1S/C23H23F6N3O3/c24-22(25,26)9-1-2-19-31-18(15-4-6-16(7-5-15)23(27,28)29)11-21(35)32(19)13-17(33)8-3-14-10-20(34)30-12-14/h4-7,11,14H,1-3,8-10,12-13H2,(H,30,34). The summed E-state index contributed by atoms with van der Waals surface area (Å²) in [4.78, 5) is 40.8. The molecule has 1 aliphatic rings. The second-order valence-electron chi connectivity index (χ2n) is 8.48. The first kappa shape index (κ1) is 26.4. The van der Waals surface area contributed by atoms with Crippen molar-refractivity contribution >= 4 is 11.7 Å². The summed E-state index contributed by atoms with van der Waals surface area (Å²) in [6, 6.07) is 4.92. The molecule has 3 rings (SSSR count). The first-order valence-corrected chi connectivity index (χ1v) is 11.0. The maximum Gasteiger partial charge on any atom is 0.416 e. The lowest BCUT2D eigenvalue weighted by Crippen LogP contribution is -2.29. The van der Waals surface area contributed by atoms with Gasteiger partial charge in [0.25, 0.3) is 5.56 Å². The number of Topliss-reactive ketones (excluding diaryl/α,β-unsaturated/α-hetero) is 1. The highest BCUT2D eigenvalue weighted by molar-refractivity contribution is 5.80. The molecule has 12 heteroatoms. The second-order valence-corrected chi connectivity index (χ2v) is 8.48. The Labute approximate surface area is 196 Å². The van der Waals surface area contributed by atoms with E-state index in [4.69, 9.17) is 0 Å². The molecule has 1 saturated heterocycles. The topological polar surface area (TPSA) is 81.1 Å². The average molecular weight is 503 g/mol. The number of nitrogens with one attached hydrogen (secondary N) is 1. The summed E-state index contributed by atoms with van der Waals surface area (Å²) in [5, 5.41) is 2.66. The maximum atomic E-state index is 12.8. The summed E-state index contributed by atoms with van der Waals surface area (Å²) in [6.45, 7) is 0.0622. The number of aromatic nitrogens is 2. The molecule has 0 radical (unpaired) electrons. The third kappa shape index (κ3) is 7.66. The van der Waals surface area contributed by atoms with Gasteiger partial charge in [0.05, 0.1) is 17.8 Å². The molecule has 0 spiro atoms. The number of carbonyl (C=O) groups excluding carboxylic acids is 2. The molecule has 2 aromatic rings. The number of amides is 1. The maximum absolute atomic E-state index is 12.8. The Morgan fingerprint density at radius 2 is 1.77 bits per heavy atom. The van der Waals surface area contributed by atoms with Crippen LogP contribution in [0.4, 0.5) is 26.3 Å². The van der Waals surface area contributed by atoms with Crippen molar-refractivity contribution in [3.05, 3.63) is 52.1 Å². The van der Waals surface area contributed by atoms with Crippen LogP contribution in [0, 0.1) is 5.92 Å². The van der Waals surface area contributed by atoms with Gasteiger partial charge in [0.2, 0.25) is 5.91 Å². The summed E-state index contributed by atoms with van der Waals surface area (Å²) >= 11 is 0. The van der Waals surface area contributed by atoms with Gasteiger partial charge < -0.3 is 5.32 Å². The van der Waals surface area contributed by atoms with Gasteiger partial charge in [-0.2, -0.15) is 26.3 Å². The van der Waals surface area contributed by atoms with Gasteiger partial charge in [-0.3, -0.25) is 19.0 Å². The Hall–Kier alpha value is -3.18. The summed E-state index contributed by atoms with van der Waals surface area (Å²) in [5.41, 5.74) is -1.40. The molecule has 1 aliphatic heterocycles. The summed E-state index contributed by atoms with van der Waals surface area (Å²) < 4.78 is 77.4. The van der Waals surface area contributed by atoms with Crippen LogP contribution in [0.25, 0.3) is 11.3 Å². The molecule has 0 saturated carbocycles. The Morgan fingerprint density at radius 1 is 1.09 bits per heavy atom. The van der Waals surface area contributed by atoms with E-state index in [1.165, 1.54) is 0 Å². The molecule has 35 heavy (non-hydrogen) atoms. The lowest BCUT2D eigenvalue weighted by Gasteiger charge is -2.15. The van der Waals surface area contributed by atoms with Crippen LogP contribution in [0.15, 0.2) is 35.1 Å². The number of alkyl halides is 6. The normalized spacial score (nSPS) is 16.4. The van der Waals surface area contributed by atoms with Crippen LogP contribution in [0.1, 0.15) is 43.5 Å². The zero-order chi connectivity index (χ0) is 25.8. The van der Waals surface area contributed by atoms with E-state index in [1.54, 1.807) is 0 Å². The van der Waals surface area contributed by atoms with Crippen molar-refractivity contribution in [2.45, 2.75) is 57.4 Å². The molecular formula is C23H23F6N3O3. The Balaban J connectivity index is 1.82. The first-order chi connectivity index (χ1) is 16.3. The summed E-state index contributed by atoms with van der Waals surface area (Å²) in [5.74, 6) is -0.501. The number of hydrogen-bond acceptors (Lipinski definition) is 4. The minimum atomic E-state index is -4.56.